The second-order valence-corrected chi connectivity index (χ2v) is 14.2. The van der Waals surface area contributed by atoms with Crippen molar-refractivity contribution in [3.8, 4) is 0 Å². The van der Waals surface area contributed by atoms with E-state index in [0.717, 1.165) is 0 Å². The zero-order valence-electron chi connectivity index (χ0n) is 26.6. The van der Waals surface area contributed by atoms with Gasteiger partial charge < -0.3 is 18.9 Å². The second kappa shape index (κ2) is 11.3. The molecule has 0 aromatic heterocycles. The Morgan fingerprint density at radius 3 is 1.50 bits per heavy atom. The number of ketones is 2. The molecule has 12 atom stereocenters. The number of rotatable bonds is 6. The van der Waals surface area contributed by atoms with Crippen LogP contribution in [0.3, 0.4) is 0 Å². The quantitative estimate of drug-likeness (QED) is 0.183. The lowest BCUT2D eigenvalue weighted by molar-refractivity contribution is -0.165. The molecule has 4 fully saturated rings. The van der Waals surface area contributed by atoms with E-state index in [2.05, 4.69) is 13.2 Å². The van der Waals surface area contributed by atoms with Crippen LogP contribution in [-0.4, -0.2) is 59.9 Å². The Hall–Kier alpha value is -4.08. The molecular weight excluding hydrogens is 592 g/mol. The molecular formula is C36H40O10. The summed E-state index contributed by atoms with van der Waals surface area (Å²) < 4.78 is 23.1. The van der Waals surface area contributed by atoms with Crippen molar-refractivity contribution in [2.75, 3.05) is 0 Å². The standard InChI is InChI=1S/C36H40O10/c1-17-15-23-29(19(3)33(41)43-23)31(35(5)21(17)11-13-25(35)37)45-27(39)9-7-8-10-28(40)46-32-30-20(4)34(42)44-24(30)16-18(2)22-12-14-26(38)36(22,32)6/h7-8,11-14,17-18,21-24,29-32H,3-4,9-10,15-16H2,1-2,5-6H3/b8-7+/t17-,18-,21+,22+,23-,24-,29-,30-,31+,32+,35+,36+/m1/s1. The van der Waals surface area contributed by atoms with Crippen LogP contribution in [0.1, 0.15) is 53.4 Å². The molecule has 0 radical (unpaired) electrons. The first-order valence-corrected chi connectivity index (χ1v) is 16.0. The van der Waals surface area contributed by atoms with Crippen molar-refractivity contribution in [2.24, 2.45) is 46.3 Å². The lowest BCUT2D eigenvalue weighted by atomic mass is 9.67. The molecule has 10 nitrogen and oxygen atoms in total. The summed E-state index contributed by atoms with van der Waals surface area (Å²) in [4.78, 5) is 77.6. The van der Waals surface area contributed by atoms with Gasteiger partial charge >= 0.3 is 23.9 Å². The molecule has 0 bridgehead atoms. The summed E-state index contributed by atoms with van der Waals surface area (Å²) >= 11 is 0. The number of carbonyl (C=O) groups excluding carboxylic acids is 6. The van der Waals surface area contributed by atoms with Crippen molar-refractivity contribution in [2.45, 2.75) is 77.8 Å². The van der Waals surface area contributed by atoms with E-state index < -0.39 is 71.0 Å². The first-order chi connectivity index (χ1) is 21.7. The van der Waals surface area contributed by atoms with Gasteiger partial charge in [-0.3, -0.25) is 19.2 Å². The summed E-state index contributed by atoms with van der Waals surface area (Å²) in [6.45, 7) is 15.3. The minimum Gasteiger partial charge on any atom is -0.460 e. The van der Waals surface area contributed by atoms with Crippen molar-refractivity contribution in [1.29, 1.82) is 0 Å². The minimum absolute atomic E-state index is 0.000562. The van der Waals surface area contributed by atoms with Gasteiger partial charge in [-0.1, -0.05) is 51.3 Å². The van der Waals surface area contributed by atoms with Crippen LogP contribution < -0.4 is 0 Å². The average Bonchev–Trinajstić information content (AvgIpc) is 3.62. The Bertz CT molecular complexity index is 1420. The number of ether oxygens (including phenoxy) is 4. The highest BCUT2D eigenvalue weighted by Crippen LogP contribution is 2.55. The van der Waals surface area contributed by atoms with E-state index in [1.807, 2.05) is 26.0 Å². The zero-order chi connectivity index (χ0) is 33.3. The molecule has 0 aromatic rings. The van der Waals surface area contributed by atoms with E-state index in [1.165, 1.54) is 24.3 Å². The van der Waals surface area contributed by atoms with Crippen LogP contribution in [-0.2, 0) is 47.7 Å². The number of hydrogen-bond acceptors (Lipinski definition) is 10. The van der Waals surface area contributed by atoms with Crippen LogP contribution in [0.5, 0.6) is 0 Å². The third-order valence-electron chi connectivity index (χ3n) is 11.5. The normalized spacial score (nSPS) is 42.6. The summed E-state index contributed by atoms with van der Waals surface area (Å²) in [5.41, 5.74) is -1.78. The molecule has 0 unspecified atom stereocenters. The first kappa shape index (κ1) is 31.9. The minimum atomic E-state index is -1.08. The van der Waals surface area contributed by atoms with Gasteiger partial charge in [-0.15, -0.1) is 0 Å². The first-order valence-electron chi connectivity index (χ1n) is 16.0. The maximum atomic E-state index is 13.2. The third-order valence-corrected chi connectivity index (χ3v) is 11.5. The molecule has 6 aliphatic rings. The molecule has 4 aliphatic carbocycles. The van der Waals surface area contributed by atoms with Gasteiger partial charge in [-0.2, -0.15) is 0 Å². The van der Waals surface area contributed by atoms with E-state index >= 15 is 0 Å². The molecule has 244 valence electrons. The van der Waals surface area contributed by atoms with E-state index in [1.54, 1.807) is 13.8 Å². The highest BCUT2D eigenvalue weighted by atomic mass is 16.6. The zero-order valence-corrected chi connectivity index (χ0v) is 26.6. The number of esters is 4. The van der Waals surface area contributed by atoms with Gasteiger partial charge in [0.05, 0.1) is 35.5 Å². The van der Waals surface area contributed by atoms with Crippen LogP contribution in [0.15, 0.2) is 60.8 Å². The van der Waals surface area contributed by atoms with Crippen LogP contribution in [0.2, 0.25) is 0 Å². The molecule has 2 saturated carbocycles. The smallest absolute Gasteiger partial charge is 0.334 e. The summed E-state index contributed by atoms with van der Waals surface area (Å²) in [5.74, 6) is -4.42. The molecule has 0 spiro atoms. The van der Waals surface area contributed by atoms with E-state index in [9.17, 15) is 28.8 Å². The fourth-order valence-corrected chi connectivity index (χ4v) is 9.03. The maximum absolute atomic E-state index is 13.2. The second-order valence-electron chi connectivity index (χ2n) is 14.2. The molecule has 2 saturated heterocycles. The molecule has 0 N–H and O–H groups in total. The van der Waals surface area contributed by atoms with Crippen molar-refractivity contribution in [3.05, 3.63) is 60.8 Å². The van der Waals surface area contributed by atoms with Gasteiger partial charge in [0.25, 0.3) is 0 Å². The highest BCUT2D eigenvalue weighted by molar-refractivity contribution is 6.00. The predicted molar refractivity (Wildman–Crippen MR) is 162 cm³/mol. The Morgan fingerprint density at radius 2 is 1.13 bits per heavy atom. The van der Waals surface area contributed by atoms with Crippen molar-refractivity contribution >= 4 is 35.4 Å². The Morgan fingerprint density at radius 1 is 0.761 bits per heavy atom. The van der Waals surface area contributed by atoms with Crippen molar-refractivity contribution in [3.63, 3.8) is 0 Å². The molecule has 10 heteroatoms. The number of fused-ring (bicyclic) bond motifs is 4. The lowest BCUT2D eigenvalue weighted by Crippen LogP contribution is -2.49. The molecule has 46 heavy (non-hydrogen) atoms. The summed E-state index contributed by atoms with van der Waals surface area (Å²) in [6.07, 6.45) is 7.31. The van der Waals surface area contributed by atoms with Gasteiger partial charge in [0, 0.05) is 11.1 Å². The monoisotopic (exact) mass is 632 g/mol. The average molecular weight is 633 g/mol. The fourth-order valence-electron chi connectivity index (χ4n) is 9.03. The Kier molecular flexibility index (Phi) is 7.84. The van der Waals surface area contributed by atoms with Crippen LogP contribution in [0.4, 0.5) is 0 Å². The van der Waals surface area contributed by atoms with Gasteiger partial charge in [-0.25, -0.2) is 9.59 Å². The fraction of sp³-hybridized carbons (Fsp3) is 0.556. The highest BCUT2D eigenvalue weighted by Gasteiger charge is 2.63. The Balaban J connectivity index is 1.14. The lowest BCUT2D eigenvalue weighted by Gasteiger charge is -2.39. The summed E-state index contributed by atoms with van der Waals surface area (Å²) in [7, 11) is 0. The van der Waals surface area contributed by atoms with E-state index in [-0.39, 0.29) is 59.2 Å². The SMILES string of the molecule is C=C1C(=O)O[C@@H]2C[C@@H](C)[C@@H]3C=CC(=O)[C@@]3(C)[C@@H](OC(=O)C/C=C/CC(=O)O[C@H]3[C@@H]4C(=C)C(=O)O[C@@H]4C[C@@H](C)[C@@H]4C=CC(=O)[C@]43C)[C@H]12. The predicted octanol–water partition coefficient (Wildman–Crippen LogP) is 3.94. The van der Waals surface area contributed by atoms with Crippen LogP contribution >= 0.6 is 0 Å². The summed E-state index contributed by atoms with van der Waals surface area (Å²) in [5, 5.41) is 0. The number of carbonyl (C=O) groups is 6. The van der Waals surface area contributed by atoms with Gasteiger partial charge in [0.2, 0.25) is 0 Å². The molecule has 0 aromatic carbocycles. The van der Waals surface area contributed by atoms with Crippen molar-refractivity contribution in [1.82, 2.24) is 0 Å². The molecule has 2 heterocycles. The van der Waals surface area contributed by atoms with E-state index in [0.29, 0.717) is 12.8 Å². The third kappa shape index (κ3) is 4.74. The molecule has 2 aliphatic heterocycles. The van der Waals surface area contributed by atoms with Gasteiger partial charge in [0.1, 0.15) is 24.4 Å². The van der Waals surface area contributed by atoms with Gasteiger partial charge in [-0.05, 0) is 62.5 Å². The van der Waals surface area contributed by atoms with Crippen LogP contribution in [0.25, 0.3) is 0 Å². The maximum Gasteiger partial charge on any atom is 0.334 e. The summed E-state index contributed by atoms with van der Waals surface area (Å²) in [6, 6.07) is 0. The Labute approximate surface area is 267 Å². The van der Waals surface area contributed by atoms with Crippen molar-refractivity contribution < 1.29 is 47.7 Å². The molecule has 6 rings (SSSR count). The number of allylic oxidation sites excluding steroid dienone is 4. The topological polar surface area (TPSA) is 139 Å². The largest absolute Gasteiger partial charge is 0.460 e. The van der Waals surface area contributed by atoms with Gasteiger partial charge in [0.15, 0.2) is 11.6 Å². The van der Waals surface area contributed by atoms with E-state index in [4.69, 9.17) is 18.9 Å². The van der Waals surface area contributed by atoms with Crippen LogP contribution in [0, 0.1) is 46.3 Å². The number of hydrogen-bond donors (Lipinski definition) is 0. The molecule has 0 amide bonds.